The Kier molecular flexibility index (Phi) is 3.64. The largest absolute Gasteiger partial charge is 0.397 e. The average Bonchev–Trinajstić information content (AvgIpc) is 3.10. The standard InChI is InChI=1S/C14H16N4OS/c15-11-3-1-2-4-13(11)18-7-5-12(17-18)14(19)16-10-6-8-20-9-10/h1-5,7,10H,6,8-9,15H2,(H,16,19). The minimum atomic E-state index is -0.120. The number of rotatable bonds is 3. The second-order valence-electron chi connectivity index (χ2n) is 4.74. The van der Waals surface area contributed by atoms with E-state index in [4.69, 9.17) is 5.73 Å². The molecule has 6 heteroatoms. The molecule has 1 aliphatic rings. The monoisotopic (exact) mass is 288 g/mol. The van der Waals surface area contributed by atoms with Gasteiger partial charge in [0.05, 0.1) is 11.4 Å². The van der Waals surface area contributed by atoms with Gasteiger partial charge in [-0.2, -0.15) is 16.9 Å². The zero-order valence-electron chi connectivity index (χ0n) is 11.0. The van der Waals surface area contributed by atoms with Crippen LogP contribution in [0.3, 0.4) is 0 Å². The van der Waals surface area contributed by atoms with Crippen LogP contribution in [0.4, 0.5) is 5.69 Å². The minimum Gasteiger partial charge on any atom is -0.397 e. The van der Waals surface area contributed by atoms with Gasteiger partial charge in [-0.25, -0.2) is 4.68 Å². The predicted octanol–water partition coefficient (Wildman–Crippen LogP) is 1.69. The van der Waals surface area contributed by atoms with Gasteiger partial charge in [0.25, 0.3) is 5.91 Å². The molecule has 1 aromatic heterocycles. The van der Waals surface area contributed by atoms with E-state index in [9.17, 15) is 4.79 Å². The number of anilines is 1. The van der Waals surface area contributed by atoms with Crippen molar-refractivity contribution < 1.29 is 4.79 Å². The van der Waals surface area contributed by atoms with Gasteiger partial charge in [0.1, 0.15) is 0 Å². The van der Waals surface area contributed by atoms with E-state index in [0.717, 1.165) is 23.6 Å². The Bertz CT molecular complexity index is 619. The molecule has 2 heterocycles. The SMILES string of the molecule is Nc1ccccc1-n1ccc(C(=O)NC2CCSC2)n1. The maximum absolute atomic E-state index is 12.1. The maximum Gasteiger partial charge on any atom is 0.272 e. The molecule has 3 rings (SSSR count). The van der Waals surface area contributed by atoms with E-state index < -0.39 is 0 Å². The number of carbonyl (C=O) groups excluding carboxylic acids is 1. The summed E-state index contributed by atoms with van der Waals surface area (Å²) < 4.78 is 1.63. The number of nitrogens with zero attached hydrogens (tertiary/aromatic N) is 2. The van der Waals surface area contributed by atoms with Crippen molar-refractivity contribution in [3.63, 3.8) is 0 Å². The lowest BCUT2D eigenvalue weighted by Crippen LogP contribution is -2.34. The molecular weight excluding hydrogens is 272 g/mol. The first-order valence-electron chi connectivity index (χ1n) is 6.53. The molecule has 0 spiro atoms. The smallest absolute Gasteiger partial charge is 0.272 e. The highest BCUT2D eigenvalue weighted by atomic mass is 32.2. The molecule has 1 amide bonds. The quantitative estimate of drug-likeness (QED) is 0.843. The molecular formula is C14H16N4OS. The lowest BCUT2D eigenvalue weighted by Gasteiger charge is -2.09. The Labute approximate surface area is 121 Å². The molecule has 0 saturated carbocycles. The molecule has 1 aliphatic heterocycles. The van der Waals surface area contributed by atoms with Crippen LogP contribution in [-0.2, 0) is 0 Å². The molecule has 5 nitrogen and oxygen atoms in total. The number of nitrogens with one attached hydrogen (secondary N) is 1. The van der Waals surface area contributed by atoms with Crippen molar-refractivity contribution in [1.82, 2.24) is 15.1 Å². The number of hydrogen-bond acceptors (Lipinski definition) is 4. The van der Waals surface area contributed by atoms with Gasteiger partial charge in [-0.1, -0.05) is 12.1 Å². The van der Waals surface area contributed by atoms with Crippen LogP contribution in [0.1, 0.15) is 16.9 Å². The summed E-state index contributed by atoms with van der Waals surface area (Å²) in [6, 6.07) is 9.42. The van der Waals surface area contributed by atoms with Crippen LogP contribution in [0, 0.1) is 0 Å². The zero-order valence-corrected chi connectivity index (χ0v) is 11.8. The molecule has 104 valence electrons. The summed E-state index contributed by atoms with van der Waals surface area (Å²) in [4.78, 5) is 12.1. The molecule has 1 aromatic carbocycles. The van der Waals surface area contributed by atoms with Gasteiger partial charge in [0, 0.05) is 18.0 Å². The molecule has 1 fully saturated rings. The number of carbonyl (C=O) groups is 1. The van der Waals surface area contributed by atoms with Crippen LogP contribution in [0.25, 0.3) is 5.69 Å². The first kappa shape index (κ1) is 13.1. The number of nitrogens with two attached hydrogens (primary N) is 1. The maximum atomic E-state index is 12.1. The third kappa shape index (κ3) is 2.65. The van der Waals surface area contributed by atoms with Crippen molar-refractivity contribution in [2.75, 3.05) is 17.2 Å². The van der Waals surface area contributed by atoms with Crippen molar-refractivity contribution in [2.45, 2.75) is 12.5 Å². The van der Waals surface area contributed by atoms with Gasteiger partial charge >= 0.3 is 0 Å². The lowest BCUT2D eigenvalue weighted by atomic mass is 10.2. The van der Waals surface area contributed by atoms with Crippen LogP contribution in [-0.4, -0.2) is 33.2 Å². The normalized spacial score (nSPS) is 18.1. The highest BCUT2D eigenvalue weighted by Gasteiger charge is 2.19. The summed E-state index contributed by atoms with van der Waals surface area (Å²) in [6.07, 6.45) is 2.78. The second kappa shape index (κ2) is 5.58. The number of thioether (sulfide) groups is 1. The molecule has 0 radical (unpaired) electrons. The number of aromatic nitrogens is 2. The van der Waals surface area contributed by atoms with E-state index in [1.54, 1.807) is 16.9 Å². The number of benzene rings is 1. The topological polar surface area (TPSA) is 72.9 Å². The first-order chi connectivity index (χ1) is 9.74. The summed E-state index contributed by atoms with van der Waals surface area (Å²) in [5.74, 6) is 1.98. The first-order valence-corrected chi connectivity index (χ1v) is 7.68. The van der Waals surface area contributed by atoms with E-state index in [1.165, 1.54) is 0 Å². The zero-order chi connectivity index (χ0) is 13.9. The van der Waals surface area contributed by atoms with Crippen molar-refractivity contribution in [3.05, 3.63) is 42.2 Å². The van der Waals surface area contributed by atoms with E-state index >= 15 is 0 Å². The van der Waals surface area contributed by atoms with Gasteiger partial charge in [-0.05, 0) is 30.4 Å². The summed E-state index contributed by atoms with van der Waals surface area (Å²) >= 11 is 1.87. The number of hydrogen-bond donors (Lipinski definition) is 2. The van der Waals surface area contributed by atoms with Crippen molar-refractivity contribution in [2.24, 2.45) is 0 Å². The summed E-state index contributed by atoms with van der Waals surface area (Å²) in [5, 5.41) is 7.31. The fourth-order valence-electron chi connectivity index (χ4n) is 2.18. The van der Waals surface area contributed by atoms with Gasteiger partial charge in [0.2, 0.25) is 0 Å². The van der Waals surface area contributed by atoms with Crippen LogP contribution < -0.4 is 11.1 Å². The van der Waals surface area contributed by atoms with E-state index in [0.29, 0.717) is 11.4 Å². The van der Waals surface area contributed by atoms with Gasteiger partial charge < -0.3 is 11.1 Å². The van der Waals surface area contributed by atoms with Gasteiger partial charge in [0.15, 0.2) is 5.69 Å². The molecule has 1 unspecified atom stereocenters. The van der Waals surface area contributed by atoms with Crippen LogP contribution in [0.5, 0.6) is 0 Å². The molecule has 20 heavy (non-hydrogen) atoms. The van der Waals surface area contributed by atoms with Crippen LogP contribution in [0.2, 0.25) is 0 Å². The van der Waals surface area contributed by atoms with Gasteiger partial charge in [-0.3, -0.25) is 4.79 Å². The third-order valence-electron chi connectivity index (χ3n) is 3.27. The Morgan fingerprint density at radius 1 is 1.40 bits per heavy atom. The van der Waals surface area contributed by atoms with Crippen molar-refractivity contribution >= 4 is 23.4 Å². The number of nitrogen functional groups attached to an aromatic ring is 1. The molecule has 1 saturated heterocycles. The molecule has 3 N–H and O–H groups in total. The Balaban J connectivity index is 1.76. The summed E-state index contributed by atoms with van der Waals surface area (Å²) in [5.41, 5.74) is 7.74. The molecule has 0 bridgehead atoms. The lowest BCUT2D eigenvalue weighted by molar-refractivity contribution is 0.0935. The average molecular weight is 288 g/mol. The minimum absolute atomic E-state index is 0.120. The third-order valence-corrected chi connectivity index (χ3v) is 4.43. The number of amides is 1. The second-order valence-corrected chi connectivity index (χ2v) is 5.89. The molecule has 0 aliphatic carbocycles. The number of para-hydroxylation sites is 2. The Morgan fingerprint density at radius 2 is 2.25 bits per heavy atom. The fraction of sp³-hybridized carbons (Fsp3) is 0.286. The highest BCUT2D eigenvalue weighted by molar-refractivity contribution is 7.99. The Hall–Kier alpha value is -1.95. The summed E-state index contributed by atoms with van der Waals surface area (Å²) in [7, 11) is 0. The summed E-state index contributed by atoms with van der Waals surface area (Å²) in [6.45, 7) is 0. The predicted molar refractivity (Wildman–Crippen MR) is 81.2 cm³/mol. The van der Waals surface area contributed by atoms with Gasteiger partial charge in [-0.15, -0.1) is 0 Å². The fourth-order valence-corrected chi connectivity index (χ4v) is 3.34. The van der Waals surface area contributed by atoms with E-state index in [1.807, 2.05) is 36.0 Å². The van der Waals surface area contributed by atoms with Crippen LogP contribution in [0.15, 0.2) is 36.5 Å². The van der Waals surface area contributed by atoms with E-state index in [-0.39, 0.29) is 11.9 Å². The highest BCUT2D eigenvalue weighted by Crippen LogP contribution is 2.18. The van der Waals surface area contributed by atoms with Crippen molar-refractivity contribution in [3.8, 4) is 5.69 Å². The Morgan fingerprint density at radius 3 is 3.00 bits per heavy atom. The molecule has 1 atom stereocenters. The van der Waals surface area contributed by atoms with Crippen molar-refractivity contribution in [1.29, 1.82) is 0 Å². The van der Waals surface area contributed by atoms with E-state index in [2.05, 4.69) is 10.4 Å². The molecule has 2 aromatic rings. The van der Waals surface area contributed by atoms with Crippen LogP contribution >= 0.6 is 11.8 Å².